The number of carbonyl (C=O) groups excluding carboxylic acids is 3. The number of carboxylic acid groups (broad SMARTS) is 3. The summed E-state index contributed by atoms with van der Waals surface area (Å²) in [6.07, 6.45) is 0. The van der Waals surface area contributed by atoms with Crippen LogP contribution in [0.3, 0.4) is 0 Å². The Balaban J connectivity index is -0.000000427. The Kier molecular flexibility index (Phi) is 9.55. The first kappa shape index (κ1) is 26.7. The number of carboxylic acids is 3. The molecule has 0 aliphatic heterocycles. The van der Waals surface area contributed by atoms with Crippen LogP contribution in [0.5, 0.6) is 0 Å². The van der Waals surface area contributed by atoms with Crippen LogP contribution in [0.25, 0.3) is 0 Å². The summed E-state index contributed by atoms with van der Waals surface area (Å²) in [6, 6.07) is 0. The van der Waals surface area contributed by atoms with Crippen LogP contribution < -0.4 is 33.8 Å². The van der Waals surface area contributed by atoms with Crippen molar-refractivity contribution in [3.05, 3.63) is 0 Å². The van der Waals surface area contributed by atoms with Crippen LogP contribution in [-0.2, 0) is 14.4 Å². The predicted octanol–water partition coefficient (Wildman–Crippen LogP) is -2.85. The van der Waals surface area contributed by atoms with Crippen LogP contribution in [0.15, 0.2) is 0 Å². The Hall–Kier alpha value is -1.75. The van der Waals surface area contributed by atoms with E-state index < -0.39 is 34.3 Å². The molecule has 0 amide bonds. The van der Waals surface area contributed by atoms with E-state index >= 15 is 0 Å². The van der Waals surface area contributed by atoms with Gasteiger partial charge >= 0.3 is 0 Å². The highest BCUT2D eigenvalue weighted by atomic mass is 16.4. The van der Waals surface area contributed by atoms with Gasteiger partial charge in [0.25, 0.3) is 0 Å². The molecule has 0 radical (unpaired) electrons. The van der Waals surface area contributed by atoms with Crippen molar-refractivity contribution in [3.8, 4) is 0 Å². The van der Waals surface area contributed by atoms with Gasteiger partial charge in [-0.3, -0.25) is 0 Å². The van der Waals surface area contributed by atoms with E-state index in [1.807, 2.05) is 0 Å². The molecule has 13 N–H and O–H groups in total. The van der Waals surface area contributed by atoms with Crippen LogP contribution >= 0.6 is 0 Å². The van der Waals surface area contributed by atoms with Crippen LogP contribution in [0.4, 0.5) is 0 Å². The van der Waals surface area contributed by atoms with Gasteiger partial charge in [0.05, 0.1) is 17.9 Å². The van der Waals surface area contributed by atoms with Crippen LogP contribution in [0, 0.1) is 10.8 Å². The Labute approximate surface area is 116 Å². The number of aliphatic hydroxyl groups is 1. The van der Waals surface area contributed by atoms with Gasteiger partial charge in [-0.25, -0.2) is 0 Å². The summed E-state index contributed by atoms with van der Waals surface area (Å²) in [5, 5.41) is 42.7. The van der Waals surface area contributed by atoms with Crippen LogP contribution in [0.1, 0.15) is 27.7 Å². The van der Waals surface area contributed by atoms with E-state index in [0.29, 0.717) is 0 Å². The first-order valence-electron chi connectivity index (χ1n) is 4.70. The van der Waals surface area contributed by atoms with Crippen LogP contribution in [0.2, 0.25) is 0 Å². The lowest BCUT2D eigenvalue weighted by molar-refractivity contribution is -0.368. The normalized spacial score (nSPS) is 11.2. The molecule has 0 spiro atoms. The molecule has 0 rings (SSSR count). The molecule has 0 aromatic rings. The molecule has 10 heteroatoms. The van der Waals surface area contributed by atoms with E-state index in [-0.39, 0.29) is 18.5 Å². The molecular formula is C10H25N3O7. The second-order valence-corrected chi connectivity index (χ2v) is 4.82. The van der Waals surface area contributed by atoms with E-state index in [1.165, 1.54) is 0 Å². The molecular weight excluding hydrogens is 274 g/mol. The fourth-order valence-electron chi connectivity index (χ4n) is 1.59. The Morgan fingerprint density at radius 3 is 1.00 bits per heavy atom. The molecule has 0 bridgehead atoms. The zero-order valence-electron chi connectivity index (χ0n) is 12.9. The number of hydrogen-bond acceptors (Lipinski definition) is 7. The van der Waals surface area contributed by atoms with Gasteiger partial charge in [0.2, 0.25) is 0 Å². The molecule has 122 valence electrons. The molecule has 10 nitrogen and oxygen atoms in total. The van der Waals surface area contributed by atoms with E-state index in [0.717, 1.165) is 27.7 Å². The summed E-state index contributed by atoms with van der Waals surface area (Å²) in [4.78, 5) is 32.7. The average molecular weight is 299 g/mol. The highest BCUT2D eigenvalue weighted by Gasteiger charge is 2.56. The molecule has 0 aromatic carbocycles. The Morgan fingerprint density at radius 2 is 0.900 bits per heavy atom. The highest BCUT2D eigenvalue weighted by molar-refractivity contribution is 5.92. The van der Waals surface area contributed by atoms with E-state index in [1.54, 1.807) is 0 Å². The molecule has 0 aromatic heterocycles. The fourth-order valence-corrected chi connectivity index (χ4v) is 1.59. The number of carbonyl (C=O) groups is 3. The van der Waals surface area contributed by atoms with E-state index in [4.69, 9.17) is 0 Å². The van der Waals surface area contributed by atoms with Crippen molar-refractivity contribution in [2.24, 2.45) is 10.8 Å². The molecule has 0 heterocycles. The highest BCUT2D eigenvalue weighted by Crippen LogP contribution is 2.43. The summed E-state index contributed by atoms with van der Waals surface area (Å²) < 4.78 is 0. The third kappa shape index (κ3) is 3.22. The number of hydrogen-bond donors (Lipinski definition) is 4. The van der Waals surface area contributed by atoms with Gasteiger partial charge in [-0.2, -0.15) is 0 Å². The van der Waals surface area contributed by atoms with Gasteiger partial charge in [0.1, 0.15) is 5.60 Å². The van der Waals surface area contributed by atoms with Crippen molar-refractivity contribution < 1.29 is 34.8 Å². The monoisotopic (exact) mass is 299 g/mol. The van der Waals surface area contributed by atoms with Crippen molar-refractivity contribution in [2.45, 2.75) is 33.3 Å². The van der Waals surface area contributed by atoms with Crippen molar-refractivity contribution in [1.29, 1.82) is 0 Å². The lowest BCUT2D eigenvalue weighted by Crippen LogP contribution is -2.72. The van der Waals surface area contributed by atoms with Crippen molar-refractivity contribution in [3.63, 3.8) is 0 Å². The Bertz CT molecular complexity index is 353. The minimum atomic E-state index is -3.18. The van der Waals surface area contributed by atoms with Crippen LogP contribution in [-0.4, -0.2) is 28.6 Å². The van der Waals surface area contributed by atoms with Gasteiger partial charge in [0, 0.05) is 10.8 Å². The first-order chi connectivity index (χ1) is 7.33. The number of aliphatic carboxylic acids is 3. The summed E-state index contributed by atoms with van der Waals surface area (Å²) in [5.74, 6) is -6.06. The number of quaternary nitrogens is 3. The zero-order chi connectivity index (χ0) is 14.2. The third-order valence-corrected chi connectivity index (χ3v) is 3.13. The maximum atomic E-state index is 11.0. The minimum Gasteiger partial charge on any atom is -0.549 e. The molecule has 0 unspecified atom stereocenters. The Morgan fingerprint density at radius 1 is 0.700 bits per heavy atom. The second-order valence-electron chi connectivity index (χ2n) is 4.82. The first-order valence-corrected chi connectivity index (χ1v) is 4.70. The standard InChI is InChI=1S/C10H16O7.3H3N/c1-8(2,5(11)12)10(17,7(15)16)9(3,4)6(13)14;;;/h17H,1-4H3,(H,11,12)(H,13,14)(H,15,16);3*1H3. The largest absolute Gasteiger partial charge is 0.549 e. The van der Waals surface area contributed by atoms with Gasteiger partial charge in [-0.15, -0.1) is 0 Å². The van der Waals surface area contributed by atoms with E-state index in [9.17, 15) is 34.8 Å². The zero-order valence-corrected chi connectivity index (χ0v) is 12.9. The van der Waals surface area contributed by atoms with E-state index in [2.05, 4.69) is 0 Å². The summed E-state index contributed by atoms with van der Waals surface area (Å²) in [7, 11) is 0. The van der Waals surface area contributed by atoms with Crippen molar-refractivity contribution in [1.82, 2.24) is 18.5 Å². The molecule has 0 saturated heterocycles. The molecule has 0 aliphatic rings. The van der Waals surface area contributed by atoms with Gasteiger partial charge in [-0.05, 0) is 0 Å². The summed E-state index contributed by atoms with van der Waals surface area (Å²) in [5.41, 5.74) is -7.94. The SMILES string of the molecule is CC(C)(C(=O)[O-])C(O)(C(=O)[O-])C(C)(C)C(=O)[O-].[NH4+].[NH4+].[NH4+]. The summed E-state index contributed by atoms with van der Waals surface area (Å²) in [6.45, 7) is 3.34. The summed E-state index contributed by atoms with van der Waals surface area (Å²) >= 11 is 0. The van der Waals surface area contributed by atoms with Gasteiger partial charge in [0.15, 0.2) is 0 Å². The molecule has 20 heavy (non-hydrogen) atoms. The molecule has 0 saturated carbocycles. The third-order valence-electron chi connectivity index (χ3n) is 3.13. The van der Waals surface area contributed by atoms with Crippen molar-refractivity contribution >= 4 is 17.9 Å². The average Bonchev–Trinajstić information content (AvgIpc) is 2.14. The van der Waals surface area contributed by atoms with Gasteiger partial charge < -0.3 is 53.3 Å². The van der Waals surface area contributed by atoms with Crippen molar-refractivity contribution in [2.75, 3.05) is 0 Å². The molecule has 0 aliphatic carbocycles. The number of rotatable bonds is 5. The lowest BCUT2D eigenvalue weighted by atomic mass is 9.61. The quantitative estimate of drug-likeness (QED) is 0.412. The predicted molar refractivity (Wildman–Crippen MR) is 65.5 cm³/mol. The lowest BCUT2D eigenvalue weighted by Gasteiger charge is -2.53. The minimum absolute atomic E-state index is 0. The maximum absolute atomic E-state index is 11.0. The smallest absolute Gasteiger partial charge is 0.124 e. The molecule has 0 atom stereocenters. The second kappa shape index (κ2) is 7.14. The fraction of sp³-hybridized carbons (Fsp3) is 0.700. The molecule has 0 fully saturated rings. The topological polar surface area (TPSA) is 250 Å². The maximum Gasteiger partial charge on any atom is 0.124 e. The van der Waals surface area contributed by atoms with Gasteiger partial charge in [-0.1, -0.05) is 27.7 Å².